The number of carbonyl (C=O) groups excluding carboxylic acids is 4. The van der Waals surface area contributed by atoms with Gasteiger partial charge in [0.15, 0.2) is 6.10 Å². The molecule has 2 heterocycles. The average Bonchev–Trinajstić information content (AvgIpc) is 3.30. The van der Waals surface area contributed by atoms with Gasteiger partial charge in [0.05, 0.1) is 34.3 Å². The Morgan fingerprint density at radius 2 is 1.73 bits per heavy atom. The Kier molecular flexibility index (Phi) is 7.95. The highest BCUT2D eigenvalue weighted by Crippen LogP contribution is 2.41. The van der Waals surface area contributed by atoms with E-state index in [4.69, 9.17) is 9.72 Å². The Morgan fingerprint density at radius 3 is 2.43 bits per heavy atom. The van der Waals surface area contributed by atoms with E-state index in [0.717, 1.165) is 5.56 Å². The fourth-order valence-electron chi connectivity index (χ4n) is 6.33. The van der Waals surface area contributed by atoms with Crippen LogP contribution in [0.15, 0.2) is 91.0 Å². The van der Waals surface area contributed by atoms with Gasteiger partial charge in [-0.25, -0.2) is 9.78 Å². The standard InChI is InChI=1S/C37H34N2O5/c1-4-9-32(34(40)25-11-6-5-7-12-25)44-37(43)29-21-31(38-30-19-14-22(2)20-28(29)30)24-15-17-26(18-16-24)39-35(41)27-13-8-10-23(3)33(27)36(39)42/h5-8,10-12,14-21,23,27,32-33H,4,9,13H2,1-3H3. The third-order valence-electron chi connectivity index (χ3n) is 8.63. The summed E-state index contributed by atoms with van der Waals surface area (Å²) in [5, 5.41) is 0.636. The van der Waals surface area contributed by atoms with E-state index in [0.29, 0.717) is 58.2 Å². The molecule has 2 aliphatic rings. The van der Waals surface area contributed by atoms with Crippen LogP contribution in [0.2, 0.25) is 0 Å². The number of carbonyl (C=O) groups is 4. The van der Waals surface area contributed by atoms with Gasteiger partial charge in [-0.1, -0.05) is 86.5 Å². The van der Waals surface area contributed by atoms with E-state index in [1.165, 1.54) is 4.90 Å². The number of fused-ring (bicyclic) bond motifs is 2. The van der Waals surface area contributed by atoms with Crippen molar-refractivity contribution in [3.8, 4) is 11.3 Å². The van der Waals surface area contributed by atoms with Gasteiger partial charge in [-0.3, -0.25) is 19.3 Å². The minimum atomic E-state index is -0.914. The Labute approximate surface area is 256 Å². The van der Waals surface area contributed by atoms with Gasteiger partial charge >= 0.3 is 5.97 Å². The first-order valence-corrected chi connectivity index (χ1v) is 15.1. The largest absolute Gasteiger partial charge is 0.450 e. The molecule has 2 amide bonds. The maximum atomic E-state index is 13.7. The topological polar surface area (TPSA) is 93.6 Å². The predicted molar refractivity (Wildman–Crippen MR) is 169 cm³/mol. The molecule has 222 valence electrons. The quantitative estimate of drug-likeness (QED) is 0.0945. The summed E-state index contributed by atoms with van der Waals surface area (Å²) in [6, 6.07) is 23.3. The molecule has 1 aliphatic carbocycles. The third kappa shape index (κ3) is 5.34. The molecular formula is C37H34N2O5. The molecule has 0 saturated carbocycles. The molecule has 0 radical (unpaired) electrons. The highest BCUT2D eigenvalue weighted by atomic mass is 16.5. The molecule has 4 atom stereocenters. The van der Waals surface area contributed by atoms with Crippen LogP contribution in [0.5, 0.6) is 0 Å². The summed E-state index contributed by atoms with van der Waals surface area (Å²) in [6.45, 7) is 5.86. The Balaban J connectivity index is 1.32. The number of esters is 1. The van der Waals surface area contributed by atoms with E-state index in [1.54, 1.807) is 54.6 Å². The molecule has 7 heteroatoms. The number of allylic oxidation sites excluding steroid dienone is 2. The van der Waals surface area contributed by atoms with E-state index in [9.17, 15) is 19.2 Å². The highest BCUT2D eigenvalue weighted by molar-refractivity contribution is 6.22. The van der Waals surface area contributed by atoms with Crippen molar-refractivity contribution in [3.63, 3.8) is 0 Å². The van der Waals surface area contributed by atoms with Crippen molar-refractivity contribution in [2.75, 3.05) is 4.90 Å². The zero-order valence-electron chi connectivity index (χ0n) is 25.0. The number of hydrogen-bond donors (Lipinski definition) is 0. The summed E-state index contributed by atoms with van der Waals surface area (Å²) in [4.78, 5) is 59.6. The molecule has 4 aromatic rings. The van der Waals surface area contributed by atoms with Crippen molar-refractivity contribution in [1.29, 1.82) is 0 Å². The monoisotopic (exact) mass is 586 g/mol. The molecule has 1 aliphatic heterocycles. The van der Waals surface area contributed by atoms with Crippen LogP contribution < -0.4 is 4.90 Å². The molecule has 6 rings (SSSR count). The Hall–Kier alpha value is -4.91. The fraction of sp³-hybridized carbons (Fsp3) is 0.270. The zero-order valence-corrected chi connectivity index (χ0v) is 25.0. The van der Waals surface area contributed by atoms with Crippen LogP contribution in [0.3, 0.4) is 0 Å². The number of hydrogen-bond acceptors (Lipinski definition) is 6. The van der Waals surface area contributed by atoms with Crippen LogP contribution in [0.25, 0.3) is 22.2 Å². The molecule has 0 spiro atoms. The Bertz CT molecular complexity index is 1790. The van der Waals surface area contributed by atoms with Gasteiger partial charge in [-0.15, -0.1) is 0 Å². The molecule has 1 fully saturated rings. The molecule has 3 aromatic carbocycles. The lowest BCUT2D eigenvalue weighted by Gasteiger charge is -2.22. The van der Waals surface area contributed by atoms with Crippen LogP contribution in [0.1, 0.15) is 59.4 Å². The number of aromatic nitrogens is 1. The van der Waals surface area contributed by atoms with Crippen LogP contribution in [0.4, 0.5) is 5.69 Å². The van der Waals surface area contributed by atoms with Gasteiger partial charge < -0.3 is 4.74 Å². The molecular weight excluding hydrogens is 552 g/mol. The molecule has 1 aromatic heterocycles. The second-order valence-electron chi connectivity index (χ2n) is 11.7. The molecule has 7 nitrogen and oxygen atoms in total. The van der Waals surface area contributed by atoms with Crippen molar-refractivity contribution in [2.45, 2.75) is 46.1 Å². The van der Waals surface area contributed by atoms with E-state index in [1.807, 2.05) is 57.2 Å². The lowest BCUT2D eigenvalue weighted by molar-refractivity contribution is -0.122. The minimum absolute atomic E-state index is 0.0120. The van der Waals surface area contributed by atoms with Gasteiger partial charge in [0.2, 0.25) is 17.6 Å². The van der Waals surface area contributed by atoms with Crippen molar-refractivity contribution in [3.05, 3.63) is 108 Å². The molecule has 0 N–H and O–H groups in total. The Morgan fingerprint density at radius 1 is 0.977 bits per heavy atom. The van der Waals surface area contributed by atoms with Crippen molar-refractivity contribution >= 4 is 40.2 Å². The average molecular weight is 587 g/mol. The minimum Gasteiger partial charge on any atom is -0.450 e. The second kappa shape index (κ2) is 12.0. The molecule has 4 unspecified atom stereocenters. The zero-order chi connectivity index (χ0) is 31.0. The lowest BCUT2D eigenvalue weighted by Crippen LogP contribution is -2.31. The number of nitrogens with zero attached hydrogens (tertiary/aromatic N) is 2. The number of amides is 2. The summed E-state index contributed by atoms with van der Waals surface area (Å²) in [6.07, 6.45) is 4.73. The van der Waals surface area contributed by atoms with Gasteiger partial charge in [-0.05, 0) is 56.0 Å². The summed E-state index contributed by atoms with van der Waals surface area (Å²) in [5.74, 6) is -1.81. The first-order chi connectivity index (χ1) is 21.3. The summed E-state index contributed by atoms with van der Waals surface area (Å²) in [5.41, 5.74) is 4.14. The number of rotatable bonds is 8. The highest BCUT2D eigenvalue weighted by Gasteiger charge is 2.50. The predicted octanol–water partition coefficient (Wildman–Crippen LogP) is 7.12. The summed E-state index contributed by atoms with van der Waals surface area (Å²) >= 11 is 0. The third-order valence-corrected chi connectivity index (χ3v) is 8.63. The van der Waals surface area contributed by atoms with Crippen molar-refractivity contribution < 1.29 is 23.9 Å². The van der Waals surface area contributed by atoms with Crippen molar-refractivity contribution in [1.82, 2.24) is 4.98 Å². The molecule has 0 bridgehead atoms. The smallest absolute Gasteiger partial charge is 0.339 e. The first-order valence-electron chi connectivity index (χ1n) is 15.1. The van der Waals surface area contributed by atoms with Crippen molar-refractivity contribution in [2.24, 2.45) is 17.8 Å². The van der Waals surface area contributed by atoms with Gasteiger partial charge in [-0.2, -0.15) is 0 Å². The van der Waals surface area contributed by atoms with E-state index in [2.05, 4.69) is 0 Å². The number of ketones is 1. The number of Topliss-reactive ketones (excluding diaryl/α,β-unsaturated/α-hetero) is 1. The molecule has 44 heavy (non-hydrogen) atoms. The van der Waals surface area contributed by atoms with E-state index < -0.39 is 12.1 Å². The molecule has 1 saturated heterocycles. The first kappa shape index (κ1) is 29.2. The maximum absolute atomic E-state index is 13.7. The number of pyridine rings is 1. The normalized spacial score (nSPS) is 20.1. The number of benzene rings is 3. The van der Waals surface area contributed by atoms with Crippen LogP contribution in [-0.4, -0.2) is 34.7 Å². The number of anilines is 1. The second-order valence-corrected chi connectivity index (χ2v) is 11.7. The number of aryl methyl sites for hydroxylation is 1. The van der Waals surface area contributed by atoms with Gasteiger partial charge in [0, 0.05) is 16.5 Å². The van der Waals surface area contributed by atoms with Crippen LogP contribution >= 0.6 is 0 Å². The van der Waals surface area contributed by atoms with Crippen LogP contribution in [0, 0.1) is 24.7 Å². The van der Waals surface area contributed by atoms with Gasteiger partial charge in [0.1, 0.15) is 0 Å². The lowest BCUT2D eigenvalue weighted by atomic mass is 9.78. The summed E-state index contributed by atoms with van der Waals surface area (Å²) < 4.78 is 5.89. The number of ether oxygens (including phenoxy) is 1. The maximum Gasteiger partial charge on any atom is 0.339 e. The summed E-state index contributed by atoms with van der Waals surface area (Å²) in [7, 11) is 0. The SMILES string of the molecule is CCCC(OC(=O)c1cc(-c2ccc(N3C(=O)C4CC=CC(C)C4C3=O)cc2)nc2ccc(C)cc12)C(=O)c1ccccc1. The van der Waals surface area contributed by atoms with E-state index in [-0.39, 0.29) is 35.4 Å². The van der Waals surface area contributed by atoms with Crippen LogP contribution in [-0.2, 0) is 14.3 Å². The van der Waals surface area contributed by atoms with Gasteiger partial charge in [0.25, 0.3) is 0 Å². The fourth-order valence-corrected chi connectivity index (χ4v) is 6.33. The van der Waals surface area contributed by atoms with E-state index >= 15 is 0 Å². The number of imide groups is 1.